The maximum Gasteiger partial charge on any atom is 0.418 e. The van der Waals surface area contributed by atoms with E-state index in [4.69, 9.17) is 4.74 Å². The van der Waals surface area contributed by atoms with Crippen LogP contribution in [0.4, 0.5) is 40.8 Å². The fourth-order valence-corrected chi connectivity index (χ4v) is 3.78. The lowest BCUT2D eigenvalue weighted by atomic mass is 10.1. The van der Waals surface area contributed by atoms with Gasteiger partial charge in [-0.3, -0.25) is 4.79 Å². The second-order valence-electron chi connectivity index (χ2n) is 8.18. The van der Waals surface area contributed by atoms with Crippen LogP contribution in [0.2, 0.25) is 0 Å². The minimum atomic E-state index is -4.58. The monoisotopic (exact) mass is 530 g/mol. The average Bonchev–Trinajstić information content (AvgIpc) is 2.85. The van der Waals surface area contributed by atoms with Crippen molar-refractivity contribution in [2.24, 2.45) is 0 Å². The van der Waals surface area contributed by atoms with Crippen molar-refractivity contribution >= 4 is 34.8 Å². The number of halogens is 3. The lowest BCUT2D eigenvalue weighted by Gasteiger charge is -2.25. The zero-order chi connectivity index (χ0) is 27.9. The number of hydrogen-bond donors (Lipinski definition) is 3. The molecule has 1 aromatic heterocycles. The molecule has 3 rings (SSSR count). The molecule has 0 aliphatic heterocycles. The summed E-state index contributed by atoms with van der Waals surface area (Å²) in [5, 5.41) is 7.70. The molecule has 9 nitrogen and oxygen atoms in total. The normalized spacial score (nSPS) is 11.0. The number of rotatable bonds is 9. The van der Waals surface area contributed by atoms with Crippen molar-refractivity contribution in [1.82, 2.24) is 9.97 Å². The van der Waals surface area contributed by atoms with Crippen molar-refractivity contribution < 1.29 is 27.5 Å². The molecule has 3 aromatic rings. The van der Waals surface area contributed by atoms with Gasteiger partial charge in [-0.05, 0) is 62.2 Å². The second kappa shape index (κ2) is 12.3. The Morgan fingerprint density at radius 3 is 2.32 bits per heavy atom. The fourth-order valence-electron chi connectivity index (χ4n) is 3.78. The highest BCUT2D eigenvalue weighted by atomic mass is 19.4. The molecule has 0 aliphatic carbocycles. The molecule has 0 aliphatic rings. The molecule has 3 amide bonds. The highest BCUT2D eigenvalue weighted by Crippen LogP contribution is 2.38. The first-order valence-electron chi connectivity index (χ1n) is 12.0. The van der Waals surface area contributed by atoms with E-state index in [0.717, 1.165) is 11.6 Å². The summed E-state index contributed by atoms with van der Waals surface area (Å²) in [4.78, 5) is 33.4. The Balaban J connectivity index is 1.75. The predicted octanol–water partition coefficient (Wildman–Crippen LogP) is 6.30. The third kappa shape index (κ3) is 7.34. The number of nitrogens with one attached hydrogen (secondary N) is 3. The number of alkyl halides is 3. The molecule has 1 heterocycles. The van der Waals surface area contributed by atoms with Crippen molar-refractivity contribution in [1.29, 1.82) is 0 Å². The Labute approximate surface area is 218 Å². The Bertz CT molecular complexity index is 1300. The predicted molar refractivity (Wildman–Crippen MR) is 140 cm³/mol. The summed E-state index contributed by atoms with van der Waals surface area (Å²) in [6.07, 6.45) is -2.80. The summed E-state index contributed by atoms with van der Waals surface area (Å²) in [6, 6.07) is 9.44. The number of amides is 3. The van der Waals surface area contributed by atoms with E-state index in [2.05, 4.69) is 25.9 Å². The summed E-state index contributed by atoms with van der Waals surface area (Å²) in [7, 11) is 0. The van der Waals surface area contributed by atoms with Crippen LogP contribution in [0, 0.1) is 0 Å². The van der Waals surface area contributed by atoms with Crippen LogP contribution in [0.25, 0.3) is 0 Å². The minimum absolute atomic E-state index is 0.0162. The van der Waals surface area contributed by atoms with E-state index in [-0.39, 0.29) is 29.0 Å². The van der Waals surface area contributed by atoms with Gasteiger partial charge in [0.25, 0.3) is 0 Å². The van der Waals surface area contributed by atoms with Crippen molar-refractivity contribution in [2.75, 3.05) is 33.9 Å². The van der Waals surface area contributed by atoms with Gasteiger partial charge in [0.2, 0.25) is 11.8 Å². The topological polar surface area (TPSA) is 108 Å². The molecule has 0 spiro atoms. The van der Waals surface area contributed by atoms with Gasteiger partial charge >= 0.3 is 12.2 Å². The largest absolute Gasteiger partial charge is 0.439 e. The van der Waals surface area contributed by atoms with Gasteiger partial charge in [0.05, 0.1) is 5.56 Å². The molecule has 0 unspecified atom stereocenters. The summed E-state index contributed by atoms with van der Waals surface area (Å²) in [5.41, 5.74) is 0.449. The van der Waals surface area contributed by atoms with Crippen molar-refractivity contribution in [3.8, 4) is 11.6 Å². The lowest BCUT2D eigenvalue weighted by Crippen LogP contribution is -2.26. The van der Waals surface area contributed by atoms with Gasteiger partial charge in [-0.25, -0.2) is 14.8 Å². The van der Waals surface area contributed by atoms with Gasteiger partial charge < -0.3 is 25.6 Å². The standard InChI is InChI=1S/C26H29F3N6O3/c1-5-17-12-19(38-24-14-23(30-15-31-24)32-16(4)36)9-10-21(17)34-25(37)33-18-8-11-22(35(6-2)7-3)20(13-18)26(27,28)29/h8-15H,5-7H2,1-4H3,(H2,33,34,37)(H,30,31,32,36). The van der Waals surface area contributed by atoms with Crippen molar-refractivity contribution in [2.45, 2.75) is 40.3 Å². The van der Waals surface area contributed by atoms with E-state index in [1.165, 1.54) is 31.5 Å². The number of carbonyl (C=O) groups excluding carboxylic acids is 2. The smallest absolute Gasteiger partial charge is 0.418 e. The maximum atomic E-state index is 13.7. The molecule has 0 atom stereocenters. The van der Waals surface area contributed by atoms with Crippen LogP contribution < -0.4 is 25.6 Å². The van der Waals surface area contributed by atoms with Gasteiger partial charge in [-0.2, -0.15) is 13.2 Å². The van der Waals surface area contributed by atoms with E-state index in [1.807, 2.05) is 6.92 Å². The molecule has 2 aromatic carbocycles. The summed E-state index contributed by atoms with van der Waals surface area (Å²) >= 11 is 0. The van der Waals surface area contributed by atoms with E-state index in [0.29, 0.717) is 30.9 Å². The molecule has 38 heavy (non-hydrogen) atoms. The molecule has 0 saturated carbocycles. The Morgan fingerprint density at radius 2 is 1.68 bits per heavy atom. The van der Waals surface area contributed by atoms with Crippen LogP contribution in [0.1, 0.15) is 38.8 Å². The molecule has 202 valence electrons. The molecular weight excluding hydrogens is 501 g/mol. The second-order valence-corrected chi connectivity index (χ2v) is 8.18. The molecule has 0 radical (unpaired) electrons. The van der Waals surface area contributed by atoms with Crippen molar-refractivity contribution in [3.63, 3.8) is 0 Å². The zero-order valence-corrected chi connectivity index (χ0v) is 21.4. The SMILES string of the molecule is CCc1cc(Oc2cc(NC(C)=O)ncn2)ccc1NC(=O)Nc1ccc(N(CC)CC)c(C(F)(F)F)c1. The first-order valence-corrected chi connectivity index (χ1v) is 12.0. The lowest BCUT2D eigenvalue weighted by molar-refractivity contribution is -0.137. The van der Waals surface area contributed by atoms with Crippen LogP contribution >= 0.6 is 0 Å². The number of benzene rings is 2. The molecule has 0 fully saturated rings. The van der Waals surface area contributed by atoms with E-state index >= 15 is 0 Å². The average molecular weight is 531 g/mol. The Kier molecular flexibility index (Phi) is 9.11. The van der Waals surface area contributed by atoms with Crippen molar-refractivity contribution in [3.05, 3.63) is 59.9 Å². The van der Waals surface area contributed by atoms with Gasteiger partial charge in [0, 0.05) is 43.1 Å². The molecule has 0 bridgehead atoms. The number of aromatic nitrogens is 2. The number of ether oxygens (including phenoxy) is 1. The Hall–Kier alpha value is -4.35. The van der Waals surface area contributed by atoms with Crippen LogP contribution in [-0.2, 0) is 17.4 Å². The quantitative estimate of drug-likeness (QED) is 0.300. The van der Waals surface area contributed by atoms with Gasteiger partial charge in [-0.1, -0.05) is 6.92 Å². The van der Waals surface area contributed by atoms with E-state index < -0.39 is 17.8 Å². The van der Waals surface area contributed by atoms with Gasteiger partial charge in [-0.15, -0.1) is 0 Å². The van der Waals surface area contributed by atoms with E-state index in [9.17, 15) is 22.8 Å². The number of anilines is 4. The highest BCUT2D eigenvalue weighted by Gasteiger charge is 2.35. The molecule has 0 saturated heterocycles. The summed E-state index contributed by atoms with van der Waals surface area (Å²) in [5.74, 6) is 0.637. The van der Waals surface area contributed by atoms with Crippen LogP contribution in [-0.4, -0.2) is 35.0 Å². The van der Waals surface area contributed by atoms with E-state index in [1.54, 1.807) is 36.9 Å². The third-order valence-corrected chi connectivity index (χ3v) is 5.54. The number of hydrogen-bond acceptors (Lipinski definition) is 6. The van der Waals surface area contributed by atoms with Gasteiger partial charge in [0.15, 0.2) is 0 Å². The molecular formula is C26H29F3N6O3. The maximum absolute atomic E-state index is 13.7. The van der Waals surface area contributed by atoms with Crippen LogP contribution in [0.5, 0.6) is 11.6 Å². The minimum Gasteiger partial charge on any atom is -0.439 e. The summed E-state index contributed by atoms with van der Waals surface area (Å²) in [6.45, 7) is 7.63. The first-order chi connectivity index (χ1) is 18.0. The van der Waals surface area contributed by atoms with Gasteiger partial charge in [0.1, 0.15) is 17.9 Å². The number of nitrogens with zero attached hydrogens (tertiary/aromatic N) is 3. The number of urea groups is 1. The third-order valence-electron chi connectivity index (χ3n) is 5.54. The number of carbonyl (C=O) groups is 2. The summed E-state index contributed by atoms with van der Waals surface area (Å²) < 4.78 is 46.9. The molecule has 3 N–H and O–H groups in total. The fraction of sp³-hybridized carbons (Fsp3) is 0.308. The molecule has 12 heteroatoms. The Morgan fingerprint density at radius 1 is 0.947 bits per heavy atom. The zero-order valence-electron chi connectivity index (χ0n) is 21.4. The number of aryl methyl sites for hydroxylation is 1. The highest BCUT2D eigenvalue weighted by molar-refractivity contribution is 6.00. The van der Waals surface area contributed by atoms with Crippen LogP contribution in [0.3, 0.4) is 0 Å². The first kappa shape index (κ1) is 28.2. The van der Waals surface area contributed by atoms with Crippen LogP contribution in [0.15, 0.2) is 48.8 Å².